The summed E-state index contributed by atoms with van der Waals surface area (Å²) >= 11 is 0. The fraction of sp³-hybridized carbons (Fsp3) is 0.263. The fourth-order valence-electron chi connectivity index (χ4n) is 2.43. The number of nitrogens with zero attached hydrogens (tertiary/aromatic N) is 1. The highest BCUT2D eigenvalue weighted by molar-refractivity contribution is 7.92. The minimum absolute atomic E-state index is 0.0369. The van der Waals surface area contributed by atoms with Crippen molar-refractivity contribution in [3.8, 4) is 0 Å². The summed E-state index contributed by atoms with van der Waals surface area (Å²) in [5.41, 5.74) is 7.25. The van der Waals surface area contributed by atoms with Gasteiger partial charge in [-0.25, -0.2) is 8.42 Å². The van der Waals surface area contributed by atoms with Gasteiger partial charge in [-0.05, 0) is 43.2 Å². The highest BCUT2D eigenvalue weighted by Crippen LogP contribution is 2.24. The van der Waals surface area contributed by atoms with E-state index in [2.05, 4.69) is 4.74 Å². The molecule has 2 N–H and O–H groups in total. The lowest BCUT2D eigenvalue weighted by Crippen LogP contribution is -2.36. The van der Waals surface area contributed by atoms with Crippen LogP contribution in [0.25, 0.3) is 0 Å². The third kappa shape index (κ3) is 5.30. The van der Waals surface area contributed by atoms with Gasteiger partial charge in [-0.1, -0.05) is 29.8 Å². The Hall–Kier alpha value is -2.87. The van der Waals surface area contributed by atoms with Crippen molar-refractivity contribution in [1.82, 2.24) is 0 Å². The molecule has 144 valence electrons. The summed E-state index contributed by atoms with van der Waals surface area (Å²) in [6.45, 7) is 1.44. The Balaban J connectivity index is 2.36. The summed E-state index contributed by atoms with van der Waals surface area (Å²) in [5, 5.41) is 0. The Bertz CT molecular complexity index is 906. The van der Waals surface area contributed by atoms with E-state index in [0.717, 1.165) is 15.4 Å². The van der Waals surface area contributed by atoms with Crippen molar-refractivity contribution in [3.05, 3.63) is 59.7 Å². The van der Waals surface area contributed by atoms with Crippen molar-refractivity contribution in [3.63, 3.8) is 0 Å². The van der Waals surface area contributed by atoms with E-state index in [0.29, 0.717) is 12.1 Å². The summed E-state index contributed by atoms with van der Waals surface area (Å²) in [6.07, 6.45) is 0.615. The maximum Gasteiger partial charge on any atom is 0.326 e. The maximum absolute atomic E-state index is 13.1. The van der Waals surface area contributed by atoms with Gasteiger partial charge >= 0.3 is 5.97 Å². The van der Waals surface area contributed by atoms with Gasteiger partial charge in [0.05, 0.1) is 17.7 Å². The van der Waals surface area contributed by atoms with Crippen molar-refractivity contribution in [2.45, 2.75) is 24.7 Å². The van der Waals surface area contributed by atoms with E-state index in [-0.39, 0.29) is 11.3 Å². The van der Waals surface area contributed by atoms with Crippen LogP contribution in [0.2, 0.25) is 0 Å². The molecule has 8 heteroatoms. The molecule has 0 radical (unpaired) electrons. The fourth-order valence-corrected chi connectivity index (χ4v) is 3.84. The first-order valence-corrected chi connectivity index (χ1v) is 9.71. The summed E-state index contributed by atoms with van der Waals surface area (Å²) in [4.78, 5) is 22.7. The van der Waals surface area contributed by atoms with Crippen LogP contribution in [0.3, 0.4) is 0 Å². The number of benzene rings is 2. The zero-order chi connectivity index (χ0) is 20.0. The van der Waals surface area contributed by atoms with E-state index >= 15 is 0 Å². The number of hydrogen-bond donors (Lipinski definition) is 1. The van der Waals surface area contributed by atoms with Crippen LogP contribution in [0.4, 0.5) is 5.69 Å². The number of primary amides is 1. The molecular weight excluding hydrogens is 368 g/mol. The lowest BCUT2D eigenvalue weighted by atomic mass is 10.1. The standard InChI is InChI=1S/C19H22N2O5S/c1-14-3-8-16(9-4-14)21(13-19(23)26-2)27(24,25)17-10-5-15(6-11-17)7-12-18(20)22/h3-6,8-11H,7,12-13H2,1-2H3,(H2,20,22). The molecule has 1 amide bonds. The third-order valence-electron chi connectivity index (χ3n) is 3.99. The van der Waals surface area contributed by atoms with Crippen LogP contribution in [-0.2, 0) is 30.8 Å². The van der Waals surface area contributed by atoms with Gasteiger partial charge in [-0.2, -0.15) is 0 Å². The van der Waals surface area contributed by atoms with Crippen LogP contribution < -0.4 is 10.0 Å². The van der Waals surface area contributed by atoms with Gasteiger partial charge in [0.15, 0.2) is 0 Å². The van der Waals surface area contributed by atoms with Gasteiger partial charge in [0, 0.05) is 6.42 Å². The van der Waals surface area contributed by atoms with Crippen LogP contribution in [-0.4, -0.2) is 33.9 Å². The van der Waals surface area contributed by atoms with Crippen molar-refractivity contribution in [2.24, 2.45) is 5.73 Å². The molecular formula is C19H22N2O5S. The Kier molecular flexibility index (Phi) is 6.57. The molecule has 0 aliphatic heterocycles. The zero-order valence-corrected chi connectivity index (χ0v) is 16.0. The maximum atomic E-state index is 13.1. The van der Waals surface area contributed by atoms with Gasteiger partial charge in [0.25, 0.3) is 10.0 Å². The second kappa shape index (κ2) is 8.68. The minimum atomic E-state index is -3.98. The first-order valence-electron chi connectivity index (χ1n) is 8.27. The quantitative estimate of drug-likeness (QED) is 0.692. The number of hydrogen-bond acceptors (Lipinski definition) is 5. The van der Waals surface area contributed by atoms with Gasteiger partial charge in [0.2, 0.25) is 5.91 Å². The molecule has 0 fully saturated rings. The molecule has 0 aliphatic carbocycles. The SMILES string of the molecule is COC(=O)CN(c1ccc(C)cc1)S(=O)(=O)c1ccc(CCC(N)=O)cc1. The number of anilines is 1. The largest absolute Gasteiger partial charge is 0.468 e. The molecule has 0 unspecified atom stereocenters. The number of rotatable bonds is 8. The number of nitrogens with two attached hydrogens (primary N) is 1. The number of methoxy groups -OCH3 is 1. The Morgan fingerprint density at radius 3 is 2.15 bits per heavy atom. The molecule has 2 aromatic rings. The molecule has 2 rings (SSSR count). The molecule has 0 heterocycles. The molecule has 0 aromatic heterocycles. The van der Waals surface area contributed by atoms with Crippen molar-refractivity contribution in [1.29, 1.82) is 0 Å². The molecule has 0 spiro atoms. The molecule has 0 bridgehead atoms. The monoisotopic (exact) mass is 390 g/mol. The molecule has 0 aliphatic rings. The minimum Gasteiger partial charge on any atom is -0.468 e. The summed E-state index contributed by atoms with van der Waals surface area (Å²) in [6, 6.07) is 13.0. The van der Waals surface area contributed by atoms with Crippen LogP contribution >= 0.6 is 0 Å². The van der Waals surface area contributed by atoms with E-state index in [1.807, 2.05) is 6.92 Å². The number of aryl methyl sites for hydroxylation is 2. The lowest BCUT2D eigenvalue weighted by molar-refractivity contribution is -0.138. The predicted octanol–water partition coefficient (Wildman–Crippen LogP) is 1.78. The van der Waals surface area contributed by atoms with E-state index in [1.54, 1.807) is 36.4 Å². The normalized spacial score (nSPS) is 11.0. The Morgan fingerprint density at radius 2 is 1.63 bits per heavy atom. The van der Waals surface area contributed by atoms with Gasteiger partial charge in [-0.3, -0.25) is 13.9 Å². The van der Waals surface area contributed by atoms with Gasteiger partial charge in [-0.15, -0.1) is 0 Å². The van der Waals surface area contributed by atoms with Crippen LogP contribution in [0.1, 0.15) is 17.5 Å². The second-order valence-corrected chi connectivity index (χ2v) is 7.90. The lowest BCUT2D eigenvalue weighted by Gasteiger charge is -2.23. The second-order valence-electron chi connectivity index (χ2n) is 6.03. The molecule has 0 atom stereocenters. The molecule has 27 heavy (non-hydrogen) atoms. The number of sulfonamides is 1. The van der Waals surface area contributed by atoms with Crippen LogP contribution in [0.5, 0.6) is 0 Å². The van der Waals surface area contributed by atoms with Crippen LogP contribution in [0.15, 0.2) is 53.4 Å². The first-order chi connectivity index (χ1) is 12.7. The first kappa shape index (κ1) is 20.4. The van der Waals surface area contributed by atoms with Crippen molar-refractivity contribution < 1.29 is 22.7 Å². The average molecular weight is 390 g/mol. The smallest absolute Gasteiger partial charge is 0.326 e. The number of carbonyl (C=O) groups is 2. The van der Waals surface area contributed by atoms with E-state index in [1.165, 1.54) is 19.2 Å². The molecule has 0 saturated heterocycles. The van der Waals surface area contributed by atoms with Crippen molar-refractivity contribution in [2.75, 3.05) is 18.0 Å². The van der Waals surface area contributed by atoms with Crippen molar-refractivity contribution >= 4 is 27.6 Å². The number of carbonyl (C=O) groups excluding carboxylic acids is 2. The number of amides is 1. The topological polar surface area (TPSA) is 107 Å². The number of esters is 1. The Labute approximate surface area is 158 Å². The van der Waals surface area contributed by atoms with E-state index < -0.39 is 28.4 Å². The molecule has 7 nitrogen and oxygen atoms in total. The summed E-state index contributed by atoms with van der Waals surface area (Å²) in [5.74, 6) is -1.09. The highest BCUT2D eigenvalue weighted by Gasteiger charge is 2.27. The molecule has 2 aromatic carbocycles. The zero-order valence-electron chi connectivity index (χ0n) is 15.2. The highest BCUT2D eigenvalue weighted by atomic mass is 32.2. The number of ether oxygens (including phenoxy) is 1. The summed E-state index contributed by atoms with van der Waals surface area (Å²) in [7, 11) is -2.78. The predicted molar refractivity (Wildman–Crippen MR) is 102 cm³/mol. The van der Waals surface area contributed by atoms with Gasteiger partial charge < -0.3 is 10.5 Å². The average Bonchev–Trinajstić information content (AvgIpc) is 2.65. The van der Waals surface area contributed by atoms with E-state index in [4.69, 9.17) is 5.73 Å². The Morgan fingerprint density at radius 1 is 1.04 bits per heavy atom. The van der Waals surface area contributed by atoms with Gasteiger partial charge in [0.1, 0.15) is 6.54 Å². The third-order valence-corrected chi connectivity index (χ3v) is 5.78. The van der Waals surface area contributed by atoms with E-state index in [9.17, 15) is 18.0 Å². The summed E-state index contributed by atoms with van der Waals surface area (Å²) < 4.78 is 31.8. The molecule has 0 saturated carbocycles. The van der Waals surface area contributed by atoms with Crippen LogP contribution in [0, 0.1) is 6.92 Å².